The van der Waals surface area contributed by atoms with Crippen LogP contribution in [0.25, 0.3) is 0 Å². The Morgan fingerprint density at radius 3 is 1.97 bits per heavy atom. The fourth-order valence-corrected chi connectivity index (χ4v) is 4.25. The quantitative estimate of drug-likeness (QED) is 0.547. The van der Waals surface area contributed by atoms with Crippen LogP contribution in [0, 0.1) is 0 Å². The minimum atomic E-state index is -1.74. The molecule has 0 radical (unpaired) electrons. The monoisotopic (exact) mass is 408 g/mol. The maximum absolute atomic E-state index is 13.8. The molecule has 11 nitrogen and oxygen atoms in total. The number of fused-ring (bicyclic) bond motifs is 6. The predicted octanol–water partition coefficient (Wildman–Crippen LogP) is 0.238. The number of aromatic amines is 2. The number of hydrogen-bond acceptors (Lipinski definition) is 8. The Kier molecular flexibility index (Phi) is 3.54. The minimum Gasteiger partial charge on any atom is -0.468 e. The predicted molar refractivity (Wildman–Crippen MR) is 106 cm³/mol. The number of aromatic nitrogens is 4. The molecule has 3 aromatic rings. The van der Waals surface area contributed by atoms with Crippen molar-refractivity contribution in [2.24, 2.45) is 0 Å². The Labute approximate surface area is 168 Å². The molecule has 4 heterocycles. The largest absolute Gasteiger partial charge is 0.468 e. The van der Waals surface area contributed by atoms with Gasteiger partial charge in [-0.3, -0.25) is 24.4 Å². The molecular formula is C19H16N6O5. The molecule has 0 saturated carbocycles. The van der Waals surface area contributed by atoms with E-state index in [9.17, 15) is 14.4 Å². The van der Waals surface area contributed by atoms with E-state index in [0.29, 0.717) is 11.3 Å². The van der Waals surface area contributed by atoms with Crippen molar-refractivity contribution in [3.05, 3.63) is 61.7 Å². The normalized spacial score (nSPS) is 15.3. The summed E-state index contributed by atoms with van der Waals surface area (Å²) in [6.45, 7) is 0. The number of amides is 1. The van der Waals surface area contributed by atoms with Crippen molar-refractivity contribution >= 4 is 23.2 Å². The van der Waals surface area contributed by atoms with Gasteiger partial charge in [0.1, 0.15) is 17.1 Å². The van der Waals surface area contributed by atoms with E-state index >= 15 is 0 Å². The SMILES string of the molecule is COc1nc2c(c(=O)[nH]1)C1(C(=O)N(C)c3ccccc31)c1c(nc(OC)[nH]c1=O)N2. The van der Waals surface area contributed by atoms with E-state index in [2.05, 4.69) is 25.3 Å². The van der Waals surface area contributed by atoms with E-state index in [1.165, 1.54) is 19.1 Å². The van der Waals surface area contributed by atoms with Gasteiger partial charge in [0.05, 0.1) is 25.3 Å². The first-order chi connectivity index (χ1) is 14.4. The molecule has 0 saturated heterocycles. The van der Waals surface area contributed by atoms with Crippen molar-refractivity contribution in [3.8, 4) is 12.0 Å². The zero-order valence-corrected chi connectivity index (χ0v) is 16.2. The maximum atomic E-state index is 13.8. The molecule has 1 aromatic carbocycles. The van der Waals surface area contributed by atoms with Gasteiger partial charge in [-0.05, 0) is 6.07 Å². The molecule has 5 rings (SSSR count). The Morgan fingerprint density at radius 2 is 1.43 bits per heavy atom. The molecule has 1 amide bonds. The van der Waals surface area contributed by atoms with Gasteiger partial charge < -0.3 is 19.7 Å². The standard InChI is InChI=1S/C19H16N6O5/c1-25-9-7-5-4-6-8(9)19(16(25)28)10-12(21-17(29-2)23-14(10)26)20-13-11(19)15(27)24-18(22-13)30-3/h4-7H,1-3H3,(H3,20,21,22,23,24,26,27). The molecule has 0 bridgehead atoms. The van der Waals surface area contributed by atoms with Crippen LogP contribution >= 0.6 is 0 Å². The summed E-state index contributed by atoms with van der Waals surface area (Å²) in [7, 11) is 4.30. The molecule has 11 heteroatoms. The molecule has 2 aliphatic rings. The van der Waals surface area contributed by atoms with Crippen molar-refractivity contribution in [2.45, 2.75) is 5.41 Å². The Hall–Kier alpha value is -4.15. The second-order valence-corrected chi connectivity index (χ2v) is 6.85. The number of carbonyl (C=O) groups excluding carboxylic acids is 1. The second-order valence-electron chi connectivity index (χ2n) is 6.85. The molecular weight excluding hydrogens is 392 g/mol. The third-order valence-electron chi connectivity index (χ3n) is 5.46. The highest BCUT2D eigenvalue weighted by Crippen LogP contribution is 2.53. The van der Waals surface area contributed by atoms with Gasteiger partial charge in [-0.2, -0.15) is 9.97 Å². The first-order valence-electron chi connectivity index (χ1n) is 8.95. The third kappa shape index (κ3) is 2.00. The van der Waals surface area contributed by atoms with Gasteiger partial charge in [-0.15, -0.1) is 0 Å². The molecule has 2 aromatic heterocycles. The molecule has 0 unspecified atom stereocenters. The minimum absolute atomic E-state index is 0.00457. The number of benzene rings is 1. The molecule has 1 spiro atoms. The number of likely N-dealkylation sites (N-methyl/N-ethyl adjacent to an activating group) is 1. The number of nitrogens with one attached hydrogen (secondary N) is 3. The summed E-state index contributed by atoms with van der Waals surface area (Å²) in [5.41, 5.74) is -1.90. The van der Waals surface area contributed by atoms with Crippen molar-refractivity contribution < 1.29 is 14.3 Å². The van der Waals surface area contributed by atoms with E-state index in [-0.39, 0.29) is 34.8 Å². The molecule has 0 aliphatic carbocycles. The number of nitrogens with zero attached hydrogens (tertiary/aromatic N) is 3. The Balaban J connectivity index is 2.00. The molecule has 30 heavy (non-hydrogen) atoms. The summed E-state index contributed by atoms with van der Waals surface area (Å²) in [4.78, 5) is 55.1. The molecule has 0 atom stereocenters. The number of hydrogen-bond donors (Lipinski definition) is 3. The van der Waals surface area contributed by atoms with Crippen molar-refractivity contribution in [1.29, 1.82) is 0 Å². The van der Waals surface area contributed by atoms with E-state index < -0.39 is 22.4 Å². The van der Waals surface area contributed by atoms with Crippen LogP contribution in [0.4, 0.5) is 17.3 Å². The fourth-order valence-electron chi connectivity index (χ4n) is 4.25. The average Bonchev–Trinajstić information content (AvgIpc) is 2.95. The van der Waals surface area contributed by atoms with E-state index in [4.69, 9.17) is 9.47 Å². The summed E-state index contributed by atoms with van der Waals surface area (Å²) in [6.07, 6.45) is 0. The number of anilines is 3. The van der Waals surface area contributed by atoms with Crippen LogP contribution in [0.3, 0.4) is 0 Å². The molecule has 2 aliphatic heterocycles. The summed E-state index contributed by atoms with van der Waals surface area (Å²) >= 11 is 0. The average molecular weight is 408 g/mol. The zero-order chi connectivity index (χ0) is 21.2. The molecule has 3 N–H and O–H groups in total. The second kappa shape index (κ2) is 5.92. The van der Waals surface area contributed by atoms with Gasteiger partial charge in [0.2, 0.25) is 5.91 Å². The lowest BCUT2D eigenvalue weighted by Gasteiger charge is -2.34. The number of para-hydroxylation sites is 1. The van der Waals surface area contributed by atoms with Crippen LogP contribution < -0.4 is 30.8 Å². The van der Waals surface area contributed by atoms with Gasteiger partial charge in [0, 0.05) is 18.3 Å². The smallest absolute Gasteiger partial charge is 0.298 e. The first-order valence-corrected chi connectivity index (χ1v) is 8.95. The van der Waals surface area contributed by atoms with Crippen molar-refractivity contribution in [3.63, 3.8) is 0 Å². The Bertz CT molecular complexity index is 1280. The van der Waals surface area contributed by atoms with Crippen LogP contribution in [0.15, 0.2) is 33.9 Å². The van der Waals surface area contributed by atoms with E-state index in [1.807, 2.05) is 0 Å². The van der Waals surface area contributed by atoms with Gasteiger partial charge in [0.15, 0.2) is 0 Å². The number of H-pyrrole nitrogens is 2. The van der Waals surface area contributed by atoms with Gasteiger partial charge in [0.25, 0.3) is 23.1 Å². The molecule has 0 fully saturated rings. The Morgan fingerprint density at radius 1 is 0.900 bits per heavy atom. The van der Waals surface area contributed by atoms with E-state index in [1.54, 1.807) is 31.3 Å². The lowest BCUT2D eigenvalue weighted by atomic mass is 9.69. The van der Waals surface area contributed by atoms with Crippen LogP contribution in [-0.2, 0) is 10.2 Å². The maximum Gasteiger partial charge on any atom is 0.298 e. The van der Waals surface area contributed by atoms with Gasteiger partial charge in [-0.25, -0.2) is 0 Å². The first kappa shape index (κ1) is 17.9. The topological polar surface area (TPSA) is 142 Å². The van der Waals surface area contributed by atoms with Crippen LogP contribution in [-0.4, -0.2) is 47.1 Å². The lowest BCUT2D eigenvalue weighted by Crippen LogP contribution is -2.50. The zero-order valence-electron chi connectivity index (χ0n) is 16.2. The van der Waals surface area contributed by atoms with Crippen molar-refractivity contribution in [2.75, 3.05) is 31.5 Å². The van der Waals surface area contributed by atoms with E-state index in [0.717, 1.165) is 0 Å². The summed E-state index contributed by atoms with van der Waals surface area (Å²) in [5.74, 6) is -0.328. The van der Waals surface area contributed by atoms with Crippen molar-refractivity contribution in [1.82, 2.24) is 19.9 Å². The lowest BCUT2D eigenvalue weighted by molar-refractivity contribution is -0.120. The van der Waals surface area contributed by atoms with Crippen LogP contribution in [0.1, 0.15) is 16.7 Å². The highest BCUT2D eigenvalue weighted by atomic mass is 16.5. The number of carbonyl (C=O) groups is 1. The third-order valence-corrected chi connectivity index (χ3v) is 5.46. The molecule has 152 valence electrons. The summed E-state index contributed by atoms with van der Waals surface area (Å²) < 4.78 is 10.1. The summed E-state index contributed by atoms with van der Waals surface area (Å²) in [5, 5.41) is 2.90. The van der Waals surface area contributed by atoms with Crippen LogP contribution in [0.2, 0.25) is 0 Å². The summed E-state index contributed by atoms with van der Waals surface area (Å²) in [6, 6.07) is 6.88. The number of rotatable bonds is 2. The number of methoxy groups -OCH3 is 2. The van der Waals surface area contributed by atoms with Crippen LogP contribution in [0.5, 0.6) is 12.0 Å². The van der Waals surface area contributed by atoms with Gasteiger partial charge in [-0.1, -0.05) is 18.2 Å². The number of ether oxygens (including phenoxy) is 2. The fraction of sp³-hybridized carbons (Fsp3) is 0.211. The van der Waals surface area contributed by atoms with Gasteiger partial charge >= 0.3 is 0 Å². The highest BCUT2D eigenvalue weighted by Gasteiger charge is 2.59. The highest BCUT2D eigenvalue weighted by molar-refractivity contribution is 6.14.